The molecule has 1 N–H and O–H groups in total. The number of methoxy groups -OCH3 is 2. The van der Waals surface area contributed by atoms with Crippen molar-refractivity contribution in [2.75, 3.05) is 20.8 Å². The molecule has 4 aromatic rings. The topological polar surface area (TPSA) is 65.4 Å². The third-order valence-electron chi connectivity index (χ3n) is 4.93. The van der Waals surface area contributed by atoms with Gasteiger partial charge in [0.15, 0.2) is 11.5 Å². The highest BCUT2D eigenvalue weighted by Gasteiger charge is 2.18. The average molecular weight is 401 g/mol. The monoisotopic (exact) mass is 401 g/mol. The predicted octanol–water partition coefficient (Wildman–Crippen LogP) is 4.02. The minimum absolute atomic E-state index is 0.212. The summed E-state index contributed by atoms with van der Waals surface area (Å²) in [5, 5.41) is 2.99. The number of rotatable bonds is 7. The van der Waals surface area contributed by atoms with Gasteiger partial charge in [-0.2, -0.15) is 0 Å². The molecule has 0 radical (unpaired) electrons. The van der Waals surface area contributed by atoms with Crippen LogP contribution in [0.1, 0.15) is 16.2 Å². The summed E-state index contributed by atoms with van der Waals surface area (Å²) in [6.07, 6.45) is 0.664. The molecule has 0 aliphatic carbocycles. The molecule has 0 bridgehead atoms. The van der Waals surface area contributed by atoms with E-state index in [9.17, 15) is 4.79 Å². The molecule has 0 spiro atoms. The van der Waals surface area contributed by atoms with Crippen molar-refractivity contribution in [1.29, 1.82) is 0 Å². The molecule has 3 aromatic carbocycles. The Kier molecular flexibility index (Phi) is 5.66. The number of hydrogen-bond acceptors (Lipinski definition) is 4. The highest BCUT2D eigenvalue weighted by molar-refractivity contribution is 5.96. The van der Waals surface area contributed by atoms with E-state index >= 15 is 0 Å². The van der Waals surface area contributed by atoms with Gasteiger partial charge in [-0.1, -0.05) is 36.4 Å². The second kappa shape index (κ2) is 8.69. The van der Waals surface area contributed by atoms with Crippen LogP contribution in [0.25, 0.3) is 16.7 Å². The number of nitrogens with one attached hydrogen (secondary N) is 1. The Labute approximate surface area is 175 Å². The van der Waals surface area contributed by atoms with Gasteiger partial charge in [-0.25, -0.2) is 4.98 Å². The van der Waals surface area contributed by atoms with Crippen LogP contribution in [0, 0.1) is 0 Å². The molecule has 6 nitrogen and oxygen atoms in total. The lowest BCUT2D eigenvalue weighted by atomic mass is 10.1. The number of imidazole rings is 1. The van der Waals surface area contributed by atoms with Crippen LogP contribution in [-0.2, 0) is 6.42 Å². The van der Waals surface area contributed by atoms with Crippen LogP contribution in [0.4, 0.5) is 0 Å². The number of para-hydroxylation sites is 3. The molecule has 0 saturated heterocycles. The molecule has 1 amide bonds. The summed E-state index contributed by atoms with van der Waals surface area (Å²) in [7, 11) is 3.22. The normalized spacial score (nSPS) is 10.7. The maximum Gasteiger partial charge on any atom is 0.287 e. The van der Waals surface area contributed by atoms with Gasteiger partial charge >= 0.3 is 0 Å². The van der Waals surface area contributed by atoms with Gasteiger partial charge in [-0.05, 0) is 48.4 Å². The van der Waals surface area contributed by atoms with Crippen molar-refractivity contribution in [2.24, 2.45) is 0 Å². The quantitative estimate of drug-likeness (QED) is 0.508. The van der Waals surface area contributed by atoms with Crippen LogP contribution >= 0.6 is 0 Å². The third-order valence-corrected chi connectivity index (χ3v) is 4.93. The van der Waals surface area contributed by atoms with E-state index in [2.05, 4.69) is 10.3 Å². The van der Waals surface area contributed by atoms with E-state index in [0.717, 1.165) is 22.3 Å². The summed E-state index contributed by atoms with van der Waals surface area (Å²) in [4.78, 5) is 17.6. The first-order chi connectivity index (χ1) is 14.7. The van der Waals surface area contributed by atoms with E-state index in [1.165, 1.54) is 0 Å². The van der Waals surface area contributed by atoms with Gasteiger partial charge < -0.3 is 14.8 Å². The van der Waals surface area contributed by atoms with Gasteiger partial charge in [0.25, 0.3) is 5.91 Å². The first-order valence-corrected chi connectivity index (χ1v) is 9.73. The highest BCUT2D eigenvalue weighted by Crippen LogP contribution is 2.27. The fourth-order valence-electron chi connectivity index (χ4n) is 3.45. The highest BCUT2D eigenvalue weighted by atomic mass is 16.5. The molecule has 0 saturated carbocycles. The summed E-state index contributed by atoms with van der Waals surface area (Å²) in [6.45, 7) is 0.478. The largest absolute Gasteiger partial charge is 0.493 e. The molecular weight excluding hydrogens is 378 g/mol. The Balaban J connectivity index is 1.54. The Bertz CT molecular complexity index is 1170. The van der Waals surface area contributed by atoms with Crippen LogP contribution in [-0.4, -0.2) is 36.2 Å². The van der Waals surface area contributed by atoms with Gasteiger partial charge in [0, 0.05) is 12.2 Å². The van der Waals surface area contributed by atoms with Gasteiger partial charge in [-0.15, -0.1) is 0 Å². The van der Waals surface area contributed by atoms with E-state index < -0.39 is 0 Å². The van der Waals surface area contributed by atoms with Crippen LogP contribution in [0.2, 0.25) is 0 Å². The fourth-order valence-corrected chi connectivity index (χ4v) is 3.45. The second-order valence-corrected chi connectivity index (χ2v) is 6.79. The number of benzene rings is 3. The van der Waals surface area contributed by atoms with Crippen molar-refractivity contribution in [3.8, 4) is 17.2 Å². The molecule has 0 unspecified atom stereocenters. The Hall–Kier alpha value is -3.80. The first kappa shape index (κ1) is 19.5. The Morgan fingerprint density at radius 1 is 0.933 bits per heavy atom. The van der Waals surface area contributed by atoms with Gasteiger partial charge in [0.1, 0.15) is 0 Å². The van der Waals surface area contributed by atoms with Crippen molar-refractivity contribution in [1.82, 2.24) is 14.9 Å². The lowest BCUT2D eigenvalue weighted by Crippen LogP contribution is -2.28. The number of carbonyl (C=O) groups excluding carboxylic acids is 1. The Morgan fingerprint density at radius 3 is 2.43 bits per heavy atom. The van der Waals surface area contributed by atoms with Crippen LogP contribution in [0.3, 0.4) is 0 Å². The van der Waals surface area contributed by atoms with Crippen molar-refractivity contribution in [3.63, 3.8) is 0 Å². The van der Waals surface area contributed by atoms with Crippen molar-refractivity contribution in [2.45, 2.75) is 6.42 Å². The van der Waals surface area contributed by atoms with Crippen LogP contribution < -0.4 is 14.8 Å². The molecule has 1 aromatic heterocycles. The number of nitrogens with zero attached hydrogens (tertiary/aromatic N) is 2. The summed E-state index contributed by atoms with van der Waals surface area (Å²) in [6, 6.07) is 23.3. The van der Waals surface area contributed by atoms with E-state index in [1.54, 1.807) is 14.2 Å². The van der Waals surface area contributed by atoms with Crippen molar-refractivity contribution < 1.29 is 14.3 Å². The molecule has 6 heteroatoms. The fraction of sp³-hybridized carbons (Fsp3) is 0.167. The minimum Gasteiger partial charge on any atom is -0.493 e. The second-order valence-electron chi connectivity index (χ2n) is 6.79. The van der Waals surface area contributed by atoms with Gasteiger partial charge in [0.2, 0.25) is 5.82 Å². The summed E-state index contributed by atoms with van der Waals surface area (Å²) in [5.41, 5.74) is 3.63. The van der Waals surface area contributed by atoms with Crippen molar-refractivity contribution in [3.05, 3.63) is 84.2 Å². The molecule has 152 valence electrons. The molecule has 0 atom stereocenters. The molecule has 0 aliphatic rings. The molecular formula is C24H23N3O3. The zero-order valence-corrected chi connectivity index (χ0v) is 17.0. The smallest absolute Gasteiger partial charge is 0.287 e. The number of fused-ring (bicyclic) bond motifs is 1. The number of aromatic nitrogens is 2. The summed E-state index contributed by atoms with van der Waals surface area (Å²) < 4.78 is 12.5. The van der Waals surface area contributed by atoms with Crippen LogP contribution in [0.15, 0.2) is 72.8 Å². The van der Waals surface area contributed by atoms with Crippen molar-refractivity contribution >= 4 is 16.9 Å². The molecule has 0 fully saturated rings. The Morgan fingerprint density at radius 2 is 1.67 bits per heavy atom. The maximum absolute atomic E-state index is 13.0. The number of amides is 1. The summed E-state index contributed by atoms with van der Waals surface area (Å²) >= 11 is 0. The lowest BCUT2D eigenvalue weighted by Gasteiger charge is -2.11. The van der Waals surface area contributed by atoms with E-state index in [-0.39, 0.29) is 5.91 Å². The SMILES string of the molecule is COc1ccc(CCNC(=O)c2nc3ccccc3n2-c2ccccc2)cc1OC. The third kappa shape index (κ3) is 3.85. The van der Waals surface area contributed by atoms with Gasteiger partial charge in [0.05, 0.1) is 25.3 Å². The van der Waals surface area contributed by atoms with Gasteiger partial charge in [-0.3, -0.25) is 9.36 Å². The minimum atomic E-state index is -0.212. The van der Waals surface area contributed by atoms with E-state index in [1.807, 2.05) is 77.4 Å². The predicted molar refractivity (Wildman–Crippen MR) is 117 cm³/mol. The van der Waals surface area contributed by atoms with Crippen LogP contribution in [0.5, 0.6) is 11.5 Å². The number of carbonyl (C=O) groups is 1. The number of hydrogen-bond donors (Lipinski definition) is 1. The lowest BCUT2D eigenvalue weighted by molar-refractivity contribution is 0.0942. The molecule has 4 rings (SSSR count). The number of ether oxygens (including phenoxy) is 2. The summed E-state index contributed by atoms with van der Waals surface area (Å²) in [5.74, 6) is 1.51. The van der Waals surface area contributed by atoms with E-state index in [4.69, 9.17) is 9.47 Å². The molecule has 30 heavy (non-hydrogen) atoms. The first-order valence-electron chi connectivity index (χ1n) is 9.73. The maximum atomic E-state index is 13.0. The zero-order valence-electron chi connectivity index (χ0n) is 17.0. The molecule has 0 aliphatic heterocycles. The standard InChI is InChI=1S/C24H23N3O3/c1-29-21-13-12-17(16-22(21)30-2)14-15-25-24(28)23-26-19-10-6-7-11-20(19)27(23)18-8-4-3-5-9-18/h3-13,16H,14-15H2,1-2H3,(H,25,28). The molecule has 1 heterocycles. The van der Waals surface area contributed by atoms with E-state index in [0.29, 0.717) is 30.3 Å². The average Bonchev–Trinajstić information content (AvgIpc) is 3.19. The zero-order chi connectivity index (χ0) is 20.9.